The van der Waals surface area contributed by atoms with E-state index in [1.807, 2.05) is 0 Å². The minimum atomic E-state index is -4.95. The molecule has 0 aliphatic carbocycles. The van der Waals surface area contributed by atoms with Crippen LogP contribution < -0.4 is 4.90 Å². The highest BCUT2D eigenvalue weighted by Crippen LogP contribution is 2.62. The van der Waals surface area contributed by atoms with Crippen LogP contribution in [0.1, 0.15) is 52.1 Å². The van der Waals surface area contributed by atoms with E-state index in [4.69, 9.17) is 4.74 Å². The topological polar surface area (TPSA) is 108 Å². The number of rotatable bonds is 4. The van der Waals surface area contributed by atoms with E-state index in [1.165, 1.54) is 44.2 Å². The monoisotopic (exact) mass is 623 g/mol. The van der Waals surface area contributed by atoms with Gasteiger partial charge < -0.3 is 4.74 Å². The summed E-state index contributed by atoms with van der Waals surface area (Å²) < 4.78 is 74.9. The third-order valence-corrected chi connectivity index (χ3v) is 8.91. The van der Waals surface area contributed by atoms with Crippen molar-refractivity contribution in [1.29, 1.82) is 5.26 Å². The number of nitriles is 1. The molecule has 4 amide bonds. The number of alkyl halides is 3. The molecule has 0 radical (unpaired) electrons. The second kappa shape index (κ2) is 10.0. The molecule has 0 spiro atoms. The van der Waals surface area contributed by atoms with E-state index in [0.29, 0.717) is 11.0 Å². The molecule has 3 aliphatic heterocycles. The maximum Gasteiger partial charge on any atom is 0.417 e. The van der Waals surface area contributed by atoms with Gasteiger partial charge in [-0.05, 0) is 80.6 Å². The molecule has 0 saturated carbocycles. The second-order valence-electron chi connectivity index (χ2n) is 11.6. The molecule has 230 valence electrons. The summed E-state index contributed by atoms with van der Waals surface area (Å²) in [6.07, 6.45) is -5.07. The number of hydrogen-bond donors (Lipinski definition) is 0. The van der Waals surface area contributed by atoms with Gasteiger partial charge in [-0.15, -0.1) is 0 Å². The molecule has 3 heterocycles. The lowest BCUT2D eigenvalue weighted by molar-refractivity contribution is -0.138. The summed E-state index contributed by atoms with van der Waals surface area (Å²) in [5, 5.41) is 9.17. The van der Waals surface area contributed by atoms with Crippen molar-refractivity contribution in [2.45, 2.75) is 43.7 Å². The number of benzene rings is 3. The first kappa shape index (κ1) is 30.1. The molecule has 0 aromatic heterocycles. The van der Waals surface area contributed by atoms with Gasteiger partial charge in [0, 0.05) is 17.5 Å². The minimum absolute atomic E-state index is 0.0762. The van der Waals surface area contributed by atoms with Crippen molar-refractivity contribution in [2.24, 2.45) is 11.8 Å². The van der Waals surface area contributed by atoms with Crippen molar-refractivity contribution in [3.63, 3.8) is 0 Å². The van der Waals surface area contributed by atoms with Gasteiger partial charge in [-0.25, -0.2) is 13.7 Å². The van der Waals surface area contributed by atoms with Gasteiger partial charge in [0.2, 0.25) is 11.8 Å². The van der Waals surface area contributed by atoms with Crippen LogP contribution in [-0.2, 0) is 20.5 Å². The first-order chi connectivity index (χ1) is 21.1. The van der Waals surface area contributed by atoms with E-state index in [2.05, 4.69) is 0 Å². The molecular formula is C32H22F5N3O5. The van der Waals surface area contributed by atoms with E-state index >= 15 is 0 Å². The van der Waals surface area contributed by atoms with Crippen LogP contribution in [0, 0.1) is 34.8 Å². The Hall–Kier alpha value is -4.96. The van der Waals surface area contributed by atoms with Crippen molar-refractivity contribution in [3.8, 4) is 6.07 Å². The van der Waals surface area contributed by atoms with Gasteiger partial charge in [0.05, 0.1) is 52.0 Å². The van der Waals surface area contributed by atoms with Gasteiger partial charge >= 0.3 is 6.18 Å². The van der Waals surface area contributed by atoms with Gasteiger partial charge in [0.15, 0.2) is 0 Å². The number of amides is 4. The Morgan fingerprint density at radius 1 is 0.889 bits per heavy atom. The number of anilines is 1. The summed E-state index contributed by atoms with van der Waals surface area (Å²) in [6, 6.07) is 11.5. The molecule has 0 N–H and O–H groups in total. The normalized spacial score (nSPS) is 27.0. The molecular weight excluding hydrogens is 601 g/mol. The van der Waals surface area contributed by atoms with Crippen LogP contribution in [0.3, 0.4) is 0 Å². The van der Waals surface area contributed by atoms with E-state index < -0.39 is 87.3 Å². The van der Waals surface area contributed by atoms with Crippen LogP contribution in [0.4, 0.5) is 27.6 Å². The third-order valence-electron chi connectivity index (χ3n) is 8.91. The largest absolute Gasteiger partial charge is 0.417 e. The first-order valence-corrected chi connectivity index (χ1v) is 13.7. The van der Waals surface area contributed by atoms with Crippen LogP contribution in [0.25, 0.3) is 0 Å². The van der Waals surface area contributed by atoms with Gasteiger partial charge in [0.25, 0.3) is 11.8 Å². The maximum atomic E-state index is 14.0. The molecule has 3 saturated heterocycles. The zero-order valence-corrected chi connectivity index (χ0v) is 23.6. The summed E-state index contributed by atoms with van der Waals surface area (Å²) in [5.74, 6) is -7.23. The molecule has 8 nitrogen and oxygen atoms in total. The highest BCUT2D eigenvalue weighted by atomic mass is 19.4. The summed E-state index contributed by atoms with van der Waals surface area (Å²) >= 11 is 0. The van der Waals surface area contributed by atoms with Gasteiger partial charge in [-0.3, -0.25) is 24.1 Å². The summed E-state index contributed by atoms with van der Waals surface area (Å²) in [5.41, 5.74) is -5.69. The molecule has 13 heteroatoms. The fraction of sp³-hybridized carbons (Fsp3) is 0.281. The summed E-state index contributed by atoms with van der Waals surface area (Å²) in [4.78, 5) is 57.1. The molecule has 3 aromatic carbocycles. The quantitative estimate of drug-likeness (QED) is 0.290. The van der Waals surface area contributed by atoms with Crippen LogP contribution >= 0.6 is 0 Å². The Bertz CT molecular complexity index is 1760. The molecule has 5 atom stereocenters. The minimum Gasteiger partial charge on any atom is -0.365 e. The molecule has 2 unspecified atom stereocenters. The Morgan fingerprint density at radius 3 is 1.89 bits per heavy atom. The lowest BCUT2D eigenvalue weighted by Gasteiger charge is -2.41. The number of nitrogens with zero attached hydrogens (tertiary/aromatic N) is 3. The number of hydrogen-bond acceptors (Lipinski definition) is 6. The third kappa shape index (κ3) is 4.50. The average Bonchev–Trinajstić information content (AvgIpc) is 3.52. The molecule has 3 aromatic rings. The van der Waals surface area contributed by atoms with Gasteiger partial charge in [0.1, 0.15) is 11.6 Å². The van der Waals surface area contributed by atoms with E-state index in [-0.39, 0.29) is 17.5 Å². The lowest BCUT2D eigenvalue weighted by Crippen LogP contribution is -2.59. The fourth-order valence-corrected chi connectivity index (χ4v) is 6.97. The van der Waals surface area contributed by atoms with Crippen LogP contribution in [0.15, 0.2) is 66.7 Å². The van der Waals surface area contributed by atoms with Crippen molar-refractivity contribution in [1.82, 2.24) is 4.90 Å². The predicted octanol–water partition coefficient (Wildman–Crippen LogP) is 5.26. The van der Waals surface area contributed by atoms with E-state index in [9.17, 15) is 46.4 Å². The zero-order valence-electron chi connectivity index (χ0n) is 23.6. The van der Waals surface area contributed by atoms with Crippen molar-refractivity contribution in [2.75, 3.05) is 4.90 Å². The first-order valence-electron chi connectivity index (χ1n) is 13.7. The van der Waals surface area contributed by atoms with Crippen molar-refractivity contribution < 1.29 is 45.9 Å². The number of carbonyl (C=O) groups excluding carboxylic acids is 4. The van der Waals surface area contributed by atoms with Gasteiger partial charge in [-0.2, -0.15) is 18.4 Å². The molecule has 2 bridgehead atoms. The van der Waals surface area contributed by atoms with Gasteiger partial charge in [-0.1, -0.05) is 0 Å². The smallest absolute Gasteiger partial charge is 0.365 e. The van der Waals surface area contributed by atoms with Crippen LogP contribution in [0.2, 0.25) is 0 Å². The van der Waals surface area contributed by atoms with E-state index in [0.717, 1.165) is 41.3 Å². The number of imide groups is 2. The summed E-state index contributed by atoms with van der Waals surface area (Å²) in [7, 11) is 0. The van der Waals surface area contributed by atoms with Crippen molar-refractivity contribution >= 4 is 29.3 Å². The highest BCUT2D eigenvalue weighted by molar-refractivity contribution is 6.23. The van der Waals surface area contributed by atoms with Crippen LogP contribution in [-0.4, -0.2) is 45.8 Å². The maximum absolute atomic E-state index is 14.0. The predicted molar refractivity (Wildman–Crippen MR) is 145 cm³/mol. The lowest BCUT2D eigenvalue weighted by atomic mass is 9.66. The van der Waals surface area contributed by atoms with E-state index in [1.54, 1.807) is 0 Å². The molecule has 6 rings (SSSR count). The Morgan fingerprint density at radius 2 is 1.40 bits per heavy atom. The second-order valence-corrected chi connectivity index (χ2v) is 11.6. The number of halogens is 5. The fourth-order valence-electron chi connectivity index (χ4n) is 6.97. The highest BCUT2D eigenvalue weighted by Gasteiger charge is 2.77. The molecule has 3 aliphatic rings. The summed E-state index contributed by atoms with van der Waals surface area (Å²) in [6.45, 7) is 2.97. The van der Waals surface area contributed by atoms with Crippen LogP contribution in [0.5, 0.6) is 0 Å². The molecule has 45 heavy (non-hydrogen) atoms. The standard InChI is InChI=1S/C32H22F5N3O5/c1-30-14-23(40(26(41)16-3-8-19(33)9-4-16)27(42)17-5-10-20(34)11-6-17)31(2,45-30)25-24(30)28(43)39(29(25)44)21-12-7-18(15-38)22(13-21)32(35,36)37/h3-13,23-25H,14H2,1-2H3/t23-,24-,25+,30?,31?/m1/s1. The number of carbonyl (C=O) groups is 4. The Balaban J connectivity index is 1.43. The van der Waals surface area contributed by atoms with Crippen molar-refractivity contribution in [3.05, 3.63) is 101 Å². The molecule has 3 fully saturated rings. The average molecular weight is 624 g/mol. The zero-order chi connectivity index (χ0) is 32.6. The SMILES string of the molecule is CC12C[C@@H](N(C(=O)c3ccc(F)cc3)C(=O)c3ccc(F)cc3)C(C)(O1)[C@@H]1C(=O)N(c3ccc(C#N)c(C(F)(F)F)c3)C(=O)[C@@H]12. The number of ether oxygens (including phenoxy) is 1. The Labute approximate surface area is 252 Å². The Kier molecular flexibility index (Phi) is 6.71. The number of fused-ring (bicyclic) bond motifs is 5.